The van der Waals surface area contributed by atoms with Crippen LogP contribution in [0, 0.1) is 0 Å². The van der Waals surface area contributed by atoms with Crippen molar-refractivity contribution in [3.8, 4) is 5.75 Å². The monoisotopic (exact) mass is 276 g/mol. The summed E-state index contributed by atoms with van der Waals surface area (Å²) in [5, 5.41) is 8.98. The van der Waals surface area contributed by atoms with Crippen molar-refractivity contribution in [3.05, 3.63) is 23.3 Å². The van der Waals surface area contributed by atoms with Gasteiger partial charge in [-0.25, -0.2) is 0 Å². The number of hydrogen-bond donors (Lipinski definition) is 1. The molecule has 1 nitrogen and oxygen atoms in total. The minimum absolute atomic E-state index is 0.0919. The van der Waals surface area contributed by atoms with Crippen LogP contribution in [0.5, 0.6) is 5.75 Å². The molecule has 0 heterocycles. The quantitative estimate of drug-likeness (QED) is 0.614. The van der Waals surface area contributed by atoms with Crippen LogP contribution in [-0.2, 0) is 12.4 Å². The smallest absolute Gasteiger partial charge is 0.419 e. The van der Waals surface area contributed by atoms with E-state index < -0.39 is 34.1 Å². The summed E-state index contributed by atoms with van der Waals surface area (Å²) in [5.41, 5.74) is -2.76. The Bertz CT molecular complexity index is 423. The molecule has 17 heavy (non-hydrogen) atoms. The predicted octanol–water partition coefficient (Wildman–Crippen LogP) is 4.15. The van der Waals surface area contributed by atoms with Gasteiger partial charge in [-0.05, 0) is 18.4 Å². The Hall–Kier alpha value is -1.05. The number of halogens is 6. The zero-order chi connectivity index (χ0) is 13.4. The number of rotatable bonds is 1. The molecule has 1 aromatic carbocycles. The highest BCUT2D eigenvalue weighted by Gasteiger charge is 2.39. The van der Waals surface area contributed by atoms with Crippen LogP contribution in [0.25, 0.3) is 0 Å². The van der Waals surface area contributed by atoms with E-state index in [1.807, 2.05) is 0 Å². The lowest BCUT2D eigenvalue weighted by Gasteiger charge is -2.15. The van der Waals surface area contributed by atoms with E-state index in [1.54, 1.807) is 0 Å². The maximum absolute atomic E-state index is 12.4. The minimum atomic E-state index is -4.89. The molecule has 0 aliphatic carbocycles. The number of alkyl halides is 6. The minimum Gasteiger partial charge on any atom is -0.507 e. The van der Waals surface area contributed by atoms with Gasteiger partial charge in [-0.1, -0.05) is 0 Å². The van der Waals surface area contributed by atoms with Crippen LogP contribution >= 0.6 is 11.8 Å². The van der Waals surface area contributed by atoms with Gasteiger partial charge in [-0.15, -0.1) is 11.8 Å². The molecule has 96 valence electrons. The molecular formula is C9H6F6OS. The van der Waals surface area contributed by atoms with Crippen molar-refractivity contribution >= 4 is 11.8 Å². The van der Waals surface area contributed by atoms with E-state index in [9.17, 15) is 26.3 Å². The van der Waals surface area contributed by atoms with Crippen LogP contribution in [0.3, 0.4) is 0 Å². The summed E-state index contributed by atoms with van der Waals surface area (Å²) < 4.78 is 74.3. The van der Waals surface area contributed by atoms with Crippen molar-refractivity contribution in [3.63, 3.8) is 0 Å². The highest BCUT2D eigenvalue weighted by Crippen LogP contribution is 2.43. The van der Waals surface area contributed by atoms with E-state index in [-0.39, 0.29) is 6.07 Å². The standard InChI is InChI=1S/C9H6F6OS/c1-17-7-3-4(8(10,11)12)6(16)2-5(7)9(13,14)15/h2-3,16H,1H3. The number of hydrogen-bond acceptors (Lipinski definition) is 2. The molecule has 1 N–H and O–H groups in total. The molecule has 1 aromatic rings. The highest BCUT2D eigenvalue weighted by atomic mass is 32.2. The first-order valence-corrected chi connectivity index (χ1v) is 5.35. The lowest BCUT2D eigenvalue weighted by molar-refractivity contribution is -0.144. The second kappa shape index (κ2) is 4.32. The lowest BCUT2D eigenvalue weighted by atomic mass is 10.1. The molecule has 1 rings (SSSR count). The molecule has 0 unspecified atom stereocenters. The zero-order valence-electron chi connectivity index (χ0n) is 8.28. The molecule has 0 saturated carbocycles. The SMILES string of the molecule is CSc1cc(C(F)(F)F)c(O)cc1C(F)(F)F. The number of benzene rings is 1. The topological polar surface area (TPSA) is 20.2 Å². The van der Waals surface area contributed by atoms with Gasteiger partial charge in [-0.3, -0.25) is 0 Å². The van der Waals surface area contributed by atoms with E-state index in [0.29, 0.717) is 17.8 Å². The van der Waals surface area contributed by atoms with Crippen molar-refractivity contribution < 1.29 is 31.4 Å². The summed E-state index contributed by atoms with van der Waals surface area (Å²) >= 11 is 0.530. The number of phenols is 1. The van der Waals surface area contributed by atoms with E-state index in [2.05, 4.69) is 0 Å². The van der Waals surface area contributed by atoms with Gasteiger partial charge in [0.25, 0.3) is 0 Å². The molecule has 0 aliphatic rings. The van der Waals surface area contributed by atoms with Crippen LogP contribution in [0.2, 0.25) is 0 Å². The van der Waals surface area contributed by atoms with Crippen molar-refractivity contribution in [1.82, 2.24) is 0 Å². The highest BCUT2D eigenvalue weighted by molar-refractivity contribution is 7.98. The second-order valence-electron chi connectivity index (χ2n) is 3.07. The zero-order valence-corrected chi connectivity index (χ0v) is 9.09. The van der Waals surface area contributed by atoms with E-state index in [1.165, 1.54) is 6.26 Å². The first-order valence-electron chi connectivity index (χ1n) is 4.12. The predicted molar refractivity (Wildman–Crippen MR) is 49.9 cm³/mol. The maximum Gasteiger partial charge on any atom is 0.419 e. The van der Waals surface area contributed by atoms with Crippen molar-refractivity contribution in [1.29, 1.82) is 0 Å². The Morgan fingerprint density at radius 2 is 1.41 bits per heavy atom. The van der Waals surface area contributed by atoms with Crippen LogP contribution < -0.4 is 0 Å². The summed E-state index contributed by atoms with van der Waals surface area (Å²) in [6.45, 7) is 0. The van der Waals surface area contributed by atoms with E-state index >= 15 is 0 Å². The summed E-state index contributed by atoms with van der Waals surface area (Å²) in [6.07, 6.45) is -8.47. The molecule has 0 aromatic heterocycles. The fraction of sp³-hybridized carbons (Fsp3) is 0.333. The van der Waals surface area contributed by atoms with E-state index in [4.69, 9.17) is 5.11 Å². The Morgan fingerprint density at radius 1 is 0.941 bits per heavy atom. The summed E-state index contributed by atoms with van der Waals surface area (Å²) in [4.78, 5) is -0.581. The molecule has 0 amide bonds. The number of aromatic hydroxyl groups is 1. The molecule has 8 heteroatoms. The summed E-state index contributed by atoms with van der Waals surface area (Å²) in [7, 11) is 0. The summed E-state index contributed by atoms with van der Waals surface area (Å²) in [5.74, 6) is -1.43. The Labute approximate surface area is 96.4 Å². The van der Waals surface area contributed by atoms with Crippen molar-refractivity contribution in [2.24, 2.45) is 0 Å². The summed E-state index contributed by atoms with van der Waals surface area (Å²) in [6, 6.07) is 0.386. The Kier molecular flexibility index (Phi) is 3.56. The Balaban J connectivity index is 3.46. The molecule has 0 radical (unpaired) electrons. The lowest BCUT2D eigenvalue weighted by Crippen LogP contribution is -2.11. The van der Waals surface area contributed by atoms with Crippen LogP contribution in [0.1, 0.15) is 11.1 Å². The maximum atomic E-state index is 12.4. The third-order valence-electron chi connectivity index (χ3n) is 1.93. The Morgan fingerprint density at radius 3 is 1.76 bits per heavy atom. The van der Waals surface area contributed by atoms with Gasteiger partial charge in [0.05, 0.1) is 11.1 Å². The largest absolute Gasteiger partial charge is 0.507 e. The third-order valence-corrected chi connectivity index (χ3v) is 2.71. The van der Waals surface area contributed by atoms with Crippen molar-refractivity contribution in [2.45, 2.75) is 17.2 Å². The average molecular weight is 276 g/mol. The van der Waals surface area contributed by atoms with Gasteiger partial charge in [0.1, 0.15) is 5.75 Å². The van der Waals surface area contributed by atoms with Gasteiger partial charge in [0.15, 0.2) is 0 Å². The first kappa shape index (κ1) is 14.0. The fourth-order valence-corrected chi connectivity index (χ4v) is 1.82. The van der Waals surface area contributed by atoms with Gasteiger partial charge in [0, 0.05) is 4.90 Å². The molecular weight excluding hydrogens is 270 g/mol. The third kappa shape index (κ3) is 2.99. The van der Waals surface area contributed by atoms with Crippen LogP contribution in [0.4, 0.5) is 26.3 Å². The van der Waals surface area contributed by atoms with Gasteiger partial charge in [0.2, 0.25) is 0 Å². The number of thioether (sulfide) groups is 1. The van der Waals surface area contributed by atoms with E-state index in [0.717, 1.165) is 0 Å². The molecule has 0 aliphatic heterocycles. The van der Waals surface area contributed by atoms with Gasteiger partial charge < -0.3 is 5.11 Å². The normalized spacial score (nSPS) is 12.9. The molecule has 0 fully saturated rings. The average Bonchev–Trinajstić information content (AvgIpc) is 2.14. The van der Waals surface area contributed by atoms with Crippen LogP contribution in [-0.4, -0.2) is 11.4 Å². The molecule has 0 saturated heterocycles. The first-order chi connectivity index (χ1) is 7.57. The fourth-order valence-electron chi connectivity index (χ4n) is 1.19. The molecule has 0 atom stereocenters. The van der Waals surface area contributed by atoms with Gasteiger partial charge in [-0.2, -0.15) is 26.3 Å². The van der Waals surface area contributed by atoms with Crippen LogP contribution in [0.15, 0.2) is 17.0 Å². The molecule has 0 bridgehead atoms. The number of phenolic OH excluding ortho intramolecular Hbond substituents is 1. The van der Waals surface area contributed by atoms with Crippen molar-refractivity contribution in [2.75, 3.05) is 6.26 Å². The molecule has 0 spiro atoms. The van der Waals surface area contributed by atoms with Gasteiger partial charge >= 0.3 is 12.4 Å². The second-order valence-corrected chi connectivity index (χ2v) is 3.91.